The van der Waals surface area contributed by atoms with Crippen molar-refractivity contribution >= 4 is 33.9 Å². The molecule has 1 aliphatic heterocycles. The van der Waals surface area contributed by atoms with Gasteiger partial charge in [-0.25, -0.2) is 4.98 Å². The Bertz CT molecular complexity index is 1010. The summed E-state index contributed by atoms with van der Waals surface area (Å²) >= 11 is 7.97. The maximum atomic E-state index is 11.9. The van der Waals surface area contributed by atoms with Gasteiger partial charge in [0.15, 0.2) is 6.04 Å². The minimum absolute atomic E-state index is 0.0702. The highest BCUT2D eigenvalue weighted by Gasteiger charge is 2.38. The molecule has 1 aromatic carbocycles. The first-order chi connectivity index (χ1) is 13.5. The van der Waals surface area contributed by atoms with Gasteiger partial charge in [-0.05, 0) is 13.0 Å². The van der Waals surface area contributed by atoms with Crippen molar-refractivity contribution in [2.75, 3.05) is 20.2 Å². The third-order valence-corrected chi connectivity index (χ3v) is 6.78. The van der Waals surface area contributed by atoms with Crippen molar-refractivity contribution in [3.63, 3.8) is 0 Å². The predicted molar refractivity (Wildman–Crippen MR) is 106 cm³/mol. The number of quaternary nitrogens is 1. The number of benzene rings is 1. The fraction of sp³-hybridized carbons (Fsp3) is 0.421. The molecule has 3 heterocycles. The standard InChI is InChI=1S/C19H21ClN4O3S/c1-11-21-19-24(22-11)17(25)16(28-19)15(13-5-3-4-6-14(13)20)23-9-7-12(8-10-23)18(26)27-2/h3-6,12,15,25H,7-10H2,1-2H3/p+1/t15-/m0/s1. The second-order valence-corrected chi connectivity index (χ2v) is 8.47. The lowest BCUT2D eigenvalue weighted by Crippen LogP contribution is -3.13. The Morgan fingerprint density at radius 2 is 2.11 bits per heavy atom. The highest BCUT2D eigenvalue weighted by Crippen LogP contribution is 2.37. The quantitative estimate of drug-likeness (QED) is 0.630. The third-order valence-electron chi connectivity index (χ3n) is 5.35. The van der Waals surface area contributed by atoms with Gasteiger partial charge in [0.05, 0.1) is 31.1 Å². The van der Waals surface area contributed by atoms with Crippen LogP contribution in [0.3, 0.4) is 0 Å². The van der Waals surface area contributed by atoms with E-state index in [2.05, 4.69) is 10.1 Å². The Morgan fingerprint density at radius 3 is 2.75 bits per heavy atom. The molecule has 1 aliphatic rings. The van der Waals surface area contributed by atoms with Crippen molar-refractivity contribution in [3.05, 3.63) is 45.6 Å². The van der Waals surface area contributed by atoms with Gasteiger partial charge in [-0.3, -0.25) is 4.79 Å². The molecule has 0 aliphatic carbocycles. The van der Waals surface area contributed by atoms with Gasteiger partial charge in [0, 0.05) is 18.4 Å². The van der Waals surface area contributed by atoms with Crippen LogP contribution in [-0.4, -0.2) is 45.9 Å². The number of ether oxygens (including phenoxy) is 1. The number of aromatic nitrogens is 3. The number of esters is 1. The van der Waals surface area contributed by atoms with Crippen LogP contribution in [0.1, 0.15) is 35.1 Å². The molecule has 1 fully saturated rings. The summed E-state index contributed by atoms with van der Waals surface area (Å²) in [7, 11) is 1.43. The molecule has 0 unspecified atom stereocenters. The fourth-order valence-corrected chi connectivity index (χ4v) is 5.39. The molecule has 2 N–H and O–H groups in total. The molecule has 4 rings (SSSR count). The van der Waals surface area contributed by atoms with Crippen molar-refractivity contribution in [2.24, 2.45) is 5.92 Å². The molecular formula is C19H22ClN4O3S+. The molecule has 3 aromatic rings. The number of thiazole rings is 1. The van der Waals surface area contributed by atoms with Crippen molar-refractivity contribution in [1.82, 2.24) is 14.6 Å². The molecule has 7 nitrogen and oxygen atoms in total. The van der Waals surface area contributed by atoms with Gasteiger partial charge in [0.2, 0.25) is 10.8 Å². The molecule has 2 aromatic heterocycles. The van der Waals surface area contributed by atoms with Crippen molar-refractivity contribution < 1.29 is 19.5 Å². The van der Waals surface area contributed by atoms with E-state index in [1.807, 2.05) is 24.3 Å². The maximum absolute atomic E-state index is 11.9. The number of piperidine rings is 1. The van der Waals surface area contributed by atoms with Crippen LogP contribution in [0.4, 0.5) is 0 Å². The van der Waals surface area contributed by atoms with Gasteiger partial charge >= 0.3 is 5.97 Å². The van der Waals surface area contributed by atoms with Gasteiger partial charge in [0.1, 0.15) is 10.7 Å². The Hall–Kier alpha value is -2.16. The van der Waals surface area contributed by atoms with Crippen LogP contribution in [0.5, 0.6) is 5.88 Å². The summed E-state index contributed by atoms with van der Waals surface area (Å²) in [6.45, 7) is 3.36. The van der Waals surface area contributed by atoms with E-state index in [1.54, 1.807) is 6.92 Å². The van der Waals surface area contributed by atoms with Crippen molar-refractivity contribution in [2.45, 2.75) is 25.8 Å². The molecule has 0 saturated carbocycles. The summed E-state index contributed by atoms with van der Waals surface area (Å²) in [6.07, 6.45) is 1.48. The molecule has 9 heteroatoms. The number of carbonyl (C=O) groups excluding carboxylic acids is 1. The minimum Gasteiger partial charge on any atom is -0.492 e. The smallest absolute Gasteiger partial charge is 0.309 e. The largest absolute Gasteiger partial charge is 0.492 e. The van der Waals surface area contributed by atoms with E-state index in [0.717, 1.165) is 36.4 Å². The SMILES string of the molecule is COC(=O)C1CC[NH+]([C@@H](c2ccccc2Cl)c2sc3nc(C)nn3c2O)CC1. The maximum Gasteiger partial charge on any atom is 0.309 e. The van der Waals surface area contributed by atoms with Gasteiger partial charge in [-0.15, -0.1) is 5.10 Å². The van der Waals surface area contributed by atoms with Crippen LogP contribution in [0.2, 0.25) is 5.02 Å². The first-order valence-electron chi connectivity index (χ1n) is 9.21. The van der Waals surface area contributed by atoms with E-state index in [0.29, 0.717) is 15.8 Å². The summed E-state index contributed by atoms with van der Waals surface area (Å²) in [6, 6.07) is 7.55. The average Bonchev–Trinajstić information content (AvgIpc) is 3.21. The predicted octanol–water partition coefficient (Wildman–Crippen LogP) is 2.02. The number of likely N-dealkylation sites (tertiary alicyclic amines) is 1. The summed E-state index contributed by atoms with van der Waals surface area (Å²) < 4.78 is 6.39. The van der Waals surface area contributed by atoms with Crippen molar-refractivity contribution in [1.29, 1.82) is 0 Å². The number of nitrogens with zero attached hydrogens (tertiary/aromatic N) is 3. The lowest BCUT2D eigenvalue weighted by Gasteiger charge is -2.34. The second-order valence-electron chi connectivity index (χ2n) is 7.05. The zero-order chi connectivity index (χ0) is 19.8. The number of nitrogens with one attached hydrogen (secondary N) is 1. The minimum atomic E-state index is -0.152. The molecule has 1 atom stereocenters. The highest BCUT2D eigenvalue weighted by atomic mass is 35.5. The van der Waals surface area contributed by atoms with Crippen LogP contribution in [0, 0.1) is 12.8 Å². The van der Waals surface area contributed by atoms with E-state index in [9.17, 15) is 9.90 Å². The zero-order valence-corrected chi connectivity index (χ0v) is 17.3. The summed E-state index contributed by atoms with van der Waals surface area (Å²) in [5.74, 6) is 0.506. The molecule has 0 bridgehead atoms. The molecule has 0 spiro atoms. The fourth-order valence-electron chi connectivity index (χ4n) is 3.97. The number of fused-ring (bicyclic) bond motifs is 1. The van der Waals surface area contributed by atoms with E-state index in [1.165, 1.54) is 27.9 Å². The van der Waals surface area contributed by atoms with E-state index >= 15 is 0 Å². The number of hydrogen-bond acceptors (Lipinski definition) is 6. The Labute approximate surface area is 171 Å². The number of carbonyl (C=O) groups is 1. The number of rotatable bonds is 4. The number of methoxy groups -OCH3 is 1. The topological polar surface area (TPSA) is 81.2 Å². The second kappa shape index (κ2) is 7.69. The average molecular weight is 422 g/mol. The first-order valence-corrected chi connectivity index (χ1v) is 10.4. The number of hydrogen-bond donors (Lipinski definition) is 2. The number of aryl methyl sites for hydroxylation is 1. The summed E-state index contributed by atoms with van der Waals surface area (Å²) in [5.41, 5.74) is 0.951. The normalized spacial score (nSPS) is 21.0. The van der Waals surface area contributed by atoms with Crippen LogP contribution in [0.15, 0.2) is 24.3 Å². The molecule has 0 amide bonds. The molecule has 28 heavy (non-hydrogen) atoms. The third kappa shape index (κ3) is 3.36. The van der Waals surface area contributed by atoms with Crippen LogP contribution < -0.4 is 4.90 Å². The lowest BCUT2D eigenvalue weighted by atomic mass is 9.93. The van der Waals surface area contributed by atoms with E-state index < -0.39 is 0 Å². The number of aromatic hydroxyl groups is 1. The van der Waals surface area contributed by atoms with Gasteiger partial charge in [-0.1, -0.05) is 41.1 Å². The van der Waals surface area contributed by atoms with Crippen LogP contribution >= 0.6 is 22.9 Å². The zero-order valence-electron chi connectivity index (χ0n) is 15.7. The Morgan fingerprint density at radius 1 is 1.39 bits per heavy atom. The Balaban J connectivity index is 1.73. The molecule has 148 valence electrons. The highest BCUT2D eigenvalue weighted by molar-refractivity contribution is 7.17. The first kappa shape index (κ1) is 19.2. The van der Waals surface area contributed by atoms with Crippen molar-refractivity contribution in [3.8, 4) is 5.88 Å². The van der Waals surface area contributed by atoms with Crippen LogP contribution in [0.25, 0.3) is 4.96 Å². The summed E-state index contributed by atoms with van der Waals surface area (Å²) in [4.78, 5) is 19.0. The molecule has 0 radical (unpaired) electrons. The summed E-state index contributed by atoms with van der Waals surface area (Å²) in [5, 5.41) is 15.8. The van der Waals surface area contributed by atoms with Gasteiger partial charge in [-0.2, -0.15) is 4.52 Å². The Kier molecular flexibility index (Phi) is 5.27. The monoisotopic (exact) mass is 421 g/mol. The molecule has 1 saturated heterocycles. The van der Waals surface area contributed by atoms with E-state index in [-0.39, 0.29) is 23.8 Å². The van der Waals surface area contributed by atoms with Crippen LogP contribution in [-0.2, 0) is 9.53 Å². The number of halogens is 1. The molecular weight excluding hydrogens is 400 g/mol. The van der Waals surface area contributed by atoms with Gasteiger partial charge < -0.3 is 14.7 Å². The lowest BCUT2D eigenvalue weighted by molar-refractivity contribution is -0.930. The van der Waals surface area contributed by atoms with E-state index in [4.69, 9.17) is 16.3 Å². The van der Waals surface area contributed by atoms with Gasteiger partial charge in [0.25, 0.3) is 0 Å².